The monoisotopic (exact) mass is 270 g/mol. The number of aromatic nitrogens is 1. The number of benzene rings is 1. The molecular formula is C16H18N2O2. The summed E-state index contributed by atoms with van der Waals surface area (Å²) in [5, 5.41) is 3.99. The van der Waals surface area contributed by atoms with E-state index in [1.54, 1.807) is 7.11 Å². The van der Waals surface area contributed by atoms with Crippen LogP contribution in [0, 0.1) is 11.8 Å². The predicted molar refractivity (Wildman–Crippen MR) is 76.5 cm³/mol. The van der Waals surface area contributed by atoms with Crippen molar-refractivity contribution in [3.63, 3.8) is 0 Å². The number of hydrogen-bond donors (Lipinski definition) is 1. The average Bonchev–Trinajstić information content (AvgIpc) is 2.91. The summed E-state index contributed by atoms with van der Waals surface area (Å²) in [7, 11) is 1.67. The lowest BCUT2D eigenvalue weighted by Gasteiger charge is -2.10. The predicted octanol–water partition coefficient (Wildman–Crippen LogP) is 3.45. The highest BCUT2D eigenvalue weighted by atomic mass is 16.5. The van der Waals surface area contributed by atoms with Crippen molar-refractivity contribution >= 4 is 5.82 Å². The van der Waals surface area contributed by atoms with E-state index in [0.717, 1.165) is 34.5 Å². The maximum atomic E-state index is 6.02. The van der Waals surface area contributed by atoms with Gasteiger partial charge in [0.1, 0.15) is 11.5 Å². The van der Waals surface area contributed by atoms with Crippen molar-refractivity contribution in [3.8, 4) is 16.9 Å². The molecule has 2 aliphatic carbocycles. The Hall–Kier alpha value is -1.97. The van der Waals surface area contributed by atoms with Gasteiger partial charge in [0.15, 0.2) is 5.82 Å². The second-order valence-corrected chi connectivity index (χ2v) is 5.96. The fourth-order valence-corrected chi connectivity index (χ4v) is 3.57. The summed E-state index contributed by atoms with van der Waals surface area (Å²) in [6.07, 6.45) is 3.85. The molecule has 104 valence electrons. The molecule has 20 heavy (non-hydrogen) atoms. The molecule has 1 heterocycles. The van der Waals surface area contributed by atoms with E-state index in [9.17, 15) is 0 Å². The lowest BCUT2D eigenvalue weighted by molar-refractivity contribution is 0.356. The molecule has 4 heteroatoms. The van der Waals surface area contributed by atoms with E-state index in [0.29, 0.717) is 11.7 Å². The molecule has 0 saturated heterocycles. The molecule has 2 fully saturated rings. The zero-order valence-corrected chi connectivity index (χ0v) is 11.5. The lowest BCUT2D eigenvalue weighted by atomic mass is 9.94. The molecule has 2 saturated carbocycles. The molecule has 0 radical (unpaired) electrons. The van der Waals surface area contributed by atoms with Gasteiger partial charge < -0.3 is 15.0 Å². The average molecular weight is 270 g/mol. The van der Waals surface area contributed by atoms with Gasteiger partial charge in [-0.25, -0.2) is 0 Å². The number of rotatable bonds is 3. The van der Waals surface area contributed by atoms with Crippen LogP contribution in [0.15, 0.2) is 28.8 Å². The van der Waals surface area contributed by atoms with Crippen LogP contribution in [0.2, 0.25) is 0 Å². The molecule has 1 aromatic carbocycles. The van der Waals surface area contributed by atoms with E-state index in [-0.39, 0.29) is 0 Å². The molecule has 0 amide bonds. The first-order valence-electron chi connectivity index (χ1n) is 7.15. The van der Waals surface area contributed by atoms with Crippen molar-refractivity contribution in [2.24, 2.45) is 11.8 Å². The largest absolute Gasteiger partial charge is 0.497 e. The highest BCUT2D eigenvalue weighted by molar-refractivity contribution is 5.76. The first kappa shape index (κ1) is 11.8. The van der Waals surface area contributed by atoms with E-state index in [2.05, 4.69) is 5.16 Å². The van der Waals surface area contributed by atoms with Gasteiger partial charge in [-0.2, -0.15) is 0 Å². The number of hydrogen-bond acceptors (Lipinski definition) is 4. The van der Waals surface area contributed by atoms with Crippen LogP contribution in [0.4, 0.5) is 5.82 Å². The molecule has 0 aliphatic heterocycles. The highest BCUT2D eigenvalue weighted by Crippen LogP contribution is 2.58. The van der Waals surface area contributed by atoms with Crippen LogP contribution in [0.25, 0.3) is 11.1 Å². The summed E-state index contributed by atoms with van der Waals surface area (Å²) >= 11 is 0. The Labute approximate surface area is 117 Å². The normalized spacial score (nSPS) is 27.4. The SMILES string of the molecule is COc1ccc(-c2c(N)noc2C2CC3CC3C2)cc1. The fourth-order valence-electron chi connectivity index (χ4n) is 3.57. The Balaban J connectivity index is 1.70. The number of ether oxygens (including phenoxy) is 1. The standard InChI is InChI=1S/C16H18N2O2/c1-19-13-4-2-9(3-5-13)14-15(20-18-16(14)17)12-7-10-6-11(10)8-12/h2-5,10-12H,6-8H2,1H3,(H2,17,18). The van der Waals surface area contributed by atoms with Crippen molar-refractivity contribution in [1.82, 2.24) is 5.16 Å². The molecule has 0 bridgehead atoms. The van der Waals surface area contributed by atoms with E-state index < -0.39 is 0 Å². The van der Waals surface area contributed by atoms with Gasteiger partial charge in [-0.3, -0.25) is 0 Å². The highest BCUT2D eigenvalue weighted by Gasteiger charge is 2.48. The smallest absolute Gasteiger partial charge is 0.175 e. The fraction of sp³-hybridized carbons (Fsp3) is 0.438. The van der Waals surface area contributed by atoms with E-state index in [1.165, 1.54) is 19.3 Å². The second-order valence-electron chi connectivity index (χ2n) is 5.96. The molecule has 2 aromatic rings. The molecule has 2 unspecified atom stereocenters. The van der Waals surface area contributed by atoms with Crippen molar-refractivity contribution in [3.05, 3.63) is 30.0 Å². The molecule has 2 atom stereocenters. The van der Waals surface area contributed by atoms with Gasteiger partial charge in [-0.05, 0) is 48.8 Å². The Kier molecular flexibility index (Phi) is 2.52. The lowest BCUT2D eigenvalue weighted by Crippen LogP contribution is -1.97. The summed E-state index contributed by atoms with van der Waals surface area (Å²) in [4.78, 5) is 0. The second kappa shape index (κ2) is 4.27. The van der Waals surface area contributed by atoms with Gasteiger partial charge in [0, 0.05) is 5.92 Å². The molecule has 2 N–H and O–H groups in total. The third-order valence-electron chi connectivity index (χ3n) is 4.74. The van der Waals surface area contributed by atoms with E-state index in [1.807, 2.05) is 24.3 Å². The van der Waals surface area contributed by atoms with Gasteiger partial charge >= 0.3 is 0 Å². The van der Waals surface area contributed by atoms with E-state index in [4.69, 9.17) is 15.0 Å². The first-order chi connectivity index (χ1) is 9.76. The van der Waals surface area contributed by atoms with Gasteiger partial charge in [0.2, 0.25) is 0 Å². The third-order valence-corrected chi connectivity index (χ3v) is 4.74. The number of fused-ring (bicyclic) bond motifs is 1. The topological polar surface area (TPSA) is 61.3 Å². The van der Waals surface area contributed by atoms with Gasteiger partial charge in [0.05, 0.1) is 12.7 Å². The van der Waals surface area contributed by atoms with Crippen LogP contribution < -0.4 is 10.5 Å². The van der Waals surface area contributed by atoms with Crippen LogP contribution in [-0.4, -0.2) is 12.3 Å². The Morgan fingerprint density at radius 2 is 1.85 bits per heavy atom. The van der Waals surface area contributed by atoms with Gasteiger partial charge in [0.25, 0.3) is 0 Å². The number of anilines is 1. The zero-order chi connectivity index (χ0) is 13.7. The van der Waals surface area contributed by atoms with Crippen molar-refractivity contribution in [2.75, 3.05) is 12.8 Å². The van der Waals surface area contributed by atoms with Crippen LogP contribution in [0.1, 0.15) is 30.9 Å². The van der Waals surface area contributed by atoms with Gasteiger partial charge in [-0.15, -0.1) is 0 Å². The minimum absolute atomic E-state index is 0.487. The maximum Gasteiger partial charge on any atom is 0.175 e. The number of nitrogen functional groups attached to an aromatic ring is 1. The van der Waals surface area contributed by atoms with Crippen LogP contribution in [-0.2, 0) is 0 Å². The Bertz CT molecular complexity index is 622. The molecule has 4 rings (SSSR count). The molecule has 0 spiro atoms. The van der Waals surface area contributed by atoms with Crippen molar-refractivity contribution in [2.45, 2.75) is 25.2 Å². The van der Waals surface area contributed by atoms with E-state index >= 15 is 0 Å². The molecular weight excluding hydrogens is 252 g/mol. The number of methoxy groups -OCH3 is 1. The van der Waals surface area contributed by atoms with Gasteiger partial charge in [-0.1, -0.05) is 17.3 Å². The summed E-state index contributed by atoms with van der Waals surface area (Å²) < 4.78 is 10.7. The summed E-state index contributed by atoms with van der Waals surface area (Å²) in [6.45, 7) is 0. The van der Waals surface area contributed by atoms with Crippen molar-refractivity contribution in [1.29, 1.82) is 0 Å². The summed E-state index contributed by atoms with van der Waals surface area (Å²) in [5.74, 6) is 4.61. The first-order valence-corrected chi connectivity index (χ1v) is 7.15. The van der Waals surface area contributed by atoms with Crippen LogP contribution in [0.3, 0.4) is 0 Å². The third kappa shape index (κ3) is 1.79. The molecule has 4 nitrogen and oxygen atoms in total. The maximum absolute atomic E-state index is 6.02. The zero-order valence-electron chi connectivity index (χ0n) is 11.5. The number of nitrogens with zero attached hydrogens (tertiary/aromatic N) is 1. The van der Waals surface area contributed by atoms with Crippen LogP contribution in [0.5, 0.6) is 5.75 Å². The number of nitrogens with two attached hydrogens (primary N) is 1. The van der Waals surface area contributed by atoms with Crippen LogP contribution >= 0.6 is 0 Å². The Morgan fingerprint density at radius 1 is 1.15 bits per heavy atom. The molecule has 1 aromatic heterocycles. The summed E-state index contributed by atoms with van der Waals surface area (Å²) in [6, 6.07) is 7.91. The van der Waals surface area contributed by atoms with Crippen molar-refractivity contribution < 1.29 is 9.26 Å². The minimum atomic E-state index is 0.487. The Morgan fingerprint density at radius 3 is 2.50 bits per heavy atom. The summed E-state index contributed by atoms with van der Waals surface area (Å²) in [5.41, 5.74) is 8.05. The minimum Gasteiger partial charge on any atom is -0.497 e. The quantitative estimate of drug-likeness (QED) is 0.928. The molecule has 2 aliphatic rings.